The number of aromatic nitrogens is 2. The van der Waals surface area contributed by atoms with Crippen LogP contribution in [-0.2, 0) is 4.79 Å². The molecule has 0 radical (unpaired) electrons. The number of amides is 1. The second kappa shape index (κ2) is 6.60. The molecule has 0 unspecified atom stereocenters. The molecule has 0 spiro atoms. The van der Waals surface area contributed by atoms with Gasteiger partial charge in [0.25, 0.3) is 0 Å². The van der Waals surface area contributed by atoms with Gasteiger partial charge in [0.05, 0.1) is 6.54 Å². The summed E-state index contributed by atoms with van der Waals surface area (Å²) in [5.41, 5.74) is -0.397. The minimum absolute atomic E-state index is 0.0923. The first-order valence-electron chi connectivity index (χ1n) is 7.00. The van der Waals surface area contributed by atoms with E-state index in [-0.39, 0.29) is 12.5 Å². The topological polar surface area (TPSA) is 58.1 Å². The molecular formula is C14H21FN4OS. The van der Waals surface area contributed by atoms with E-state index in [0.717, 1.165) is 16.7 Å². The molecule has 1 fully saturated rings. The molecule has 0 bridgehead atoms. The number of nitrogens with one attached hydrogen (secondary N) is 1. The largest absolute Gasteiger partial charge is 0.356 e. The van der Waals surface area contributed by atoms with Gasteiger partial charge in [0.2, 0.25) is 5.91 Å². The highest BCUT2D eigenvalue weighted by atomic mass is 32.2. The number of anilines is 1. The number of piperidine rings is 1. The van der Waals surface area contributed by atoms with Crippen molar-refractivity contribution in [2.45, 2.75) is 37.5 Å². The molecule has 116 valence electrons. The monoisotopic (exact) mass is 312 g/mol. The zero-order chi connectivity index (χ0) is 15.5. The molecule has 1 aromatic heterocycles. The van der Waals surface area contributed by atoms with Crippen molar-refractivity contribution in [3.8, 4) is 0 Å². The first-order chi connectivity index (χ1) is 9.92. The Kier molecular flexibility index (Phi) is 5.03. The van der Waals surface area contributed by atoms with Crippen molar-refractivity contribution in [1.82, 2.24) is 15.3 Å². The Hall–Kier alpha value is -1.37. The van der Waals surface area contributed by atoms with Gasteiger partial charge < -0.3 is 10.2 Å². The van der Waals surface area contributed by atoms with Crippen LogP contribution in [0, 0.1) is 6.92 Å². The molecule has 5 nitrogen and oxygen atoms in total. The molecule has 0 saturated carbocycles. The Labute approximate surface area is 128 Å². The first kappa shape index (κ1) is 16.0. The number of carbonyl (C=O) groups excluding carboxylic acids is 1. The van der Waals surface area contributed by atoms with Crippen LogP contribution in [0.25, 0.3) is 0 Å². The van der Waals surface area contributed by atoms with Crippen LogP contribution in [-0.4, -0.2) is 47.4 Å². The van der Waals surface area contributed by atoms with Gasteiger partial charge >= 0.3 is 0 Å². The highest BCUT2D eigenvalue weighted by Gasteiger charge is 2.35. The third kappa shape index (κ3) is 4.30. The smallest absolute Gasteiger partial charge is 0.216 e. The van der Waals surface area contributed by atoms with Crippen molar-refractivity contribution in [2.75, 3.05) is 30.8 Å². The van der Waals surface area contributed by atoms with Gasteiger partial charge in [-0.2, -0.15) is 0 Å². The van der Waals surface area contributed by atoms with Gasteiger partial charge in [-0.1, -0.05) is 11.8 Å². The van der Waals surface area contributed by atoms with Crippen molar-refractivity contribution in [1.29, 1.82) is 0 Å². The third-order valence-corrected chi connectivity index (χ3v) is 4.19. The lowest BCUT2D eigenvalue weighted by Gasteiger charge is -2.37. The fraction of sp³-hybridized carbons (Fsp3) is 0.643. The van der Waals surface area contributed by atoms with Gasteiger partial charge in [0.1, 0.15) is 11.5 Å². The molecule has 2 rings (SSSR count). The van der Waals surface area contributed by atoms with Gasteiger partial charge in [-0.3, -0.25) is 4.79 Å². The lowest BCUT2D eigenvalue weighted by molar-refractivity contribution is -0.119. The maximum Gasteiger partial charge on any atom is 0.216 e. The number of alkyl halides is 1. The van der Waals surface area contributed by atoms with E-state index in [9.17, 15) is 9.18 Å². The Morgan fingerprint density at radius 1 is 1.48 bits per heavy atom. The Bertz CT molecular complexity index is 518. The summed E-state index contributed by atoms with van der Waals surface area (Å²) in [7, 11) is 0. The second-order valence-electron chi connectivity index (χ2n) is 5.40. The van der Waals surface area contributed by atoms with Crippen LogP contribution >= 0.6 is 11.8 Å². The van der Waals surface area contributed by atoms with Gasteiger partial charge in [0, 0.05) is 44.6 Å². The summed E-state index contributed by atoms with van der Waals surface area (Å²) in [5.74, 6) is 0.666. The van der Waals surface area contributed by atoms with E-state index in [0.29, 0.717) is 25.9 Å². The molecule has 0 aromatic carbocycles. The molecule has 7 heteroatoms. The average Bonchev–Trinajstić information content (AvgIpc) is 2.45. The van der Waals surface area contributed by atoms with E-state index in [4.69, 9.17) is 0 Å². The van der Waals surface area contributed by atoms with E-state index in [1.807, 2.05) is 19.2 Å². The van der Waals surface area contributed by atoms with E-state index in [1.165, 1.54) is 18.7 Å². The molecule has 1 aliphatic rings. The number of thioether (sulfide) groups is 1. The number of hydrogen-bond acceptors (Lipinski definition) is 5. The second-order valence-corrected chi connectivity index (χ2v) is 6.18. The zero-order valence-electron chi connectivity index (χ0n) is 12.6. The molecule has 1 aliphatic heterocycles. The molecule has 0 aliphatic carbocycles. The number of halogens is 1. The lowest BCUT2D eigenvalue weighted by Crippen LogP contribution is -2.48. The summed E-state index contributed by atoms with van der Waals surface area (Å²) >= 11 is 1.50. The minimum atomic E-state index is -1.31. The van der Waals surface area contributed by atoms with Crippen LogP contribution in [0.5, 0.6) is 0 Å². The highest BCUT2D eigenvalue weighted by molar-refractivity contribution is 7.98. The predicted octanol–water partition coefficient (Wildman–Crippen LogP) is 1.95. The summed E-state index contributed by atoms with van der Waals surface area (Å²) < 4.78 is 14.6. The lowest BCUT2D eigenvalue weighted by atomic mass is 9.93. The summed E-state index contributed by atoms with van der Waals surface area (Å²) in [6.45, 7) is 4.63. The van der Waals surface area contributed by atoms with Crippen LogP contribution < -0.4 is 10.2 Å². The van der Waals surface area contributed by atoms with Crippen LogP contribution in [0.4, 0.5) is 10.2 Å². The summed E-state index contributed by atoms with van der Waals surface area (Å²) in [6, 6.07) is 1.93. The van der Waals surface area contributed by atoms with Gasteiger partial charge in [0.15, 0.2) is 5.16 Å². The summed E-state index contributed by atoms with van der Waals surface area (Å²) in [5, 5.41) is 3.31. The van der Waals surface area contributed by atoms with Crippen molar-refractivity contribution < 1.29 is 9.18 Å². The Balaban J connectivity index is 2.00. The molecule has 21 heavy (non-hydrogen) atoms. The number of hydrogen-bond donors (Lipinski definition) is 1. The molecule has 1 saturated heterocycles. The van der Waals surface area contributed by atoms with E-state index in [1.54, 1.807) is 0 Å². The number of carbonyl (C=O) groups is 1. The fourth-order valence-corrected chi connectivity index (χ4v) is 2.79. The Morgan fingerprint density at radius 2 is 2.14 bits per heavy atom. The van der Waals surface area contributed by atoms with Crippen LogP contribution in [0.15, 0.2) is 11.2 Å². The fourth-order valence-electron chi connectivity index (χ4n) is 2.37. The van der Waals surface area contributed by atoms with E-state index in [2.05, 4.69) is 20.2 Å². The zero-order valence-corrected chi connectivity index (χ0v) is 13.5. The molecular weight excluding hydrogens is 291 g/mol. The number of nitrogens with zero attached hydrogens (tertiary/aromatic N) is 3. The van der Waals surface area contributed by atoms with Crippen molar-refractivity contribution in [2.24, 2.45) is 0 Å². The number of aryl methyl sites for hydroxylation is 1. The maximum absolute atomic E-state index is 14.6. The number of rotatable bonds is 4. The molecule has 0 atom stereocenters. The molecule has 1 aromatic rings. The maximum atomic E-state index is 14.6. The molecule has 1 amide bonds. The first-order valence-corrected chi connectivity index (χ1v) is 8.22. The standard InChI is InChI=1S/C14H21FN4OS/c1-10-8-12(18-13(17-10)21-3)19-6-4-14(15,5-7-19)9-16-11(2)20/h8H,4-7,9H2,1-3H3,(H,16,20). The van der Waals surface area contributed by atoms with Crippen LogP contribution in [0.2, 0.25) is 0 Å². The summed E-state index contributed by atoms with van der Waals surface area (Å²) in [4.78, 5) is 21.8. The highest BCUT2D eigenvalue weighted by Crippen LogP contribution is 2.29. The normalized spacial score (nSPS) is 17.6. The minimum Gasteiger partial charge on any atom is -0.356 e. The Morgan fingerprint density at radius 3 is 2.71 bits per heavy atom. The third-order valence-electron chi connectivity index (χ3n) is 3.64. The summed E-state index contributed by atoms with van der Waals surface area (Å²) in [6.07, 6.45) is 2.73. The van der Waals surface area contributed by atoms with E-state index < -0.39 is 5.67 Å². The van der Waals surface area contributed by atoms with Crippen molar-refractivity contribution in [3.63, 3.8) is 0 Å². The van der Waals surface area contributed by atoms with Gasteiger partial charge in [-0.25, -0.2) is 14.4 Å². The molecule has 1 N–H and O–H groups in total. The van der Waals surface area contributed by atoms with Crippen LogP contribution in [0.1, 0.15) is 25.5 Å². The average molecular weight is 312 g/mol. The quantitative estimate of drug-likeness (QED) is 0.680. The predicted molar refractivity (Wildman–Crippen MR) is 82.5 cm³/mol. The SMILES string of the molecule is CSc1nc(C)cc(N2CCC(F)(CNC(C)=O)CC2)n1. The van der Waals surface area contributed by atoms with E-state index >= 15 is 0 Å². The van der Waals surface area contributed by atoms with Crippen LogP contribution in [0.3, 0.4) is 0 Å². The van der Waals surface area contributed by atoms with Crippen molar-refractivity contribution in [3.05, 3.63) is 11.8 Å². The van der Waals surface area contributed by atoms with Gasteiger partial charge in [-0.15, -0.1) is 0 Å². The van der Waals surface area contributed by atoms with Gasteiger partial charge in [-0.05, 0) is 13.2 Å². The molecule has 2 heterocycles. The van der Waals surface area contributed by atoms with Crippen molar-refractivity contribution >= 4 is 23.5 Å².